The van der Waals surface area contributed by atoms with E-state index in [0.717, 1.165) is 5.56 Å². The lowest BCUT2D eigenvalue weighted by Gasteiger charge is -2.26. The molecule has 1 rings (SSSR count). The molecule has 0 spiro atoms. The van der Waals surface area contributed by atoms with Crippen LogP contribution in [0.25, 0.3) is 0 Å². The van der Waals surface area contributed by atoms with Crippen LogP contribution in [0.15, 0.2) is 30.3 Å². The summed E-state index contributed by atoms with van der Waals surface area (Å²) < 4.78 is 10.7. The van der Waals surface area contributed by atoms with E-state index >= 15 is 0 Å². The van der Waals surface area contributed by atoms with Crippen molar-refractivity contribution in [2.75, 3.05) is 13.1 Å². The van der Waals surface area contributed by atoms with Crippen LogP contribution in [0.5, 0.6) is 0 Å². The highest BCUT2D eigenvalue weighted by Gasteiger charge is 2.23. The maximum absolute atomic E-state index is 12.1. The van der Waals surface area contributed by atoms with Crippen LogP contribution in [0, 0.1) is 0 Å². The third-order valence-corrected chi connectivity index (χ3v) is 2.79. The Morgan fingerprint density at radius 2 is 1.25 bits per heavy atom. The zero-order chi connectivity index (χ0) is 18.4. The largest absolute Gasteiger partial charge is 0.459 e. The molecule has 24 heavy (non-hydrogen) atoms. The molecule has 0 aromatic heterocycles. The van der Waals surface area contributed by atoms with Crippen LogP contribution in [0.2, 0.25) is 0 Å². The smallest absolute Gasteiger partial charge is 0.320 e. The number of carbonyl (C=O) groups is 2. The summed E-state index contributed by atoms with van der Waals surface area (Å²) in [6.45, 7) is 11.5. The van der Waals surface area contributed by atoms with Gasteiger partial charge >= 0.3 is 11.9 Å². The lowest BCUT2D eigenvalue weighted by Crippen LogP contribution is -2.39. The Balaban J connectivity index is 2.75. The Kier molecular flexibility index (Phi) is 6.96. The number of rotatable bonds is 6. The Hall–Kier alpha value is -1.88. The van der Waals surface area contributed by atoms with Crippen molar-refractivity contribution >= 4 is 11.9 Å². The monoisotopic (exact) mass is 335 g/mol. The number of hydrogen-bond acceptors (Lipinski definition) is 5. The van der Waals surface area contributed by atoms with Crippen LogP contribution in [0.1, 0.15) is 47.1 Å². The molecule has 0 saturated heterocycles. The SMILES string of the molecule is CC(C)(C)OC(=O)CN(CC(=O)OC(C)(C)C)Cc1ccccc1. The van der Waals surface area contributed by atoms with Gasteiger partial charge in [0.1, 0.15) is 11.2 Å². The molecule has 0 amide bonds. The predicted molar refractivity (Wildman–Crippen MR) is 93.4 cm³/mol. The van der Waals surface area contributed by atoms with Crippen molar-refractivity contribution in [3.8, 4) is 0 Å². The molecule has 1 aromatic rings. The molecule has 0 aliphatic heterocycles. The Morgan fingerprint density at radius 1 is 0.833 bits per heavy atom. The molecule has 0 aliphatic carbocycles. The number of benzene rings is 1. The zero-order valence-corrected chi connectivity index (χ0v) is 15.6. The van der Waals surface area contributed by atoms with Gasteiger partial charge < -0.3 is 9.47 Å². The van der Waals surface area contributed by atoms with Gasteiger partial charge in [-0.05, 0) is 47.1 Å². The van der Waals surface area contributed by atoms with E-state index < -0.39 is 11.2 Å². The highest BCUT2D eigenvalue weighted by Crippen LogP contribution is 2.11. The molecule has 0 saturated carbocycles. The summed E-state index contributed by atoms with van der Waals surface area (Å²) in [4.78, 5) is 26.0. The molecule has 0 bridgehead atoms. The molecule has 134 valence electrons. The van der Waals surface area contributed by atoms with Crippen LogP contribution in [-0.4, -0.2) is 41.1 Å². The van der Waals surface area contributed by atoms with Crippen molar-refractivity contribution in [2.24, 2.45) is 0 Å². The van der Waals surface area contributed by atoms with Gasteiger partial charge in [0.05, 0.1) is 13.1 Å². The topological polar surface area (TPSA) is 55.8 Å². The highest BCUT2D eigenvalue weighted by atomic mass is 16.6. The quantitative estimate of drug-likeness (QED) is 0.747. The fraction of sp³-hybridized carbons (Fsp3) is 0.579. The number of carbonyl (C=O) groups excluding carboxylic acids is 2. The van der Waals surface area contributed by atoms with Crippen LogP contribution in [0.3, 0.4) is 0 Å². The van der Waals surface area contributed by atoms with E-state index in [1.54, 1.807) is 4.90 Å². The molecular formula is C19H29NO4. The van der Waals surface area contributed by atoms with Crippen molar-refractivity contribution < 1.29 is 19.1 Å². The van der Waals surface area contributed by atoms with E-state index in [-0.39, 0.29) is 25.0 Å². The minimum atomic E-state index is -0.554. The maximum Gasteiger partial charge on any atom is 0.320 e. The lowest BCUT2D eigenvalue weighted by atomic mass is 10.2. The average molecular weight is 335 g/mol. The van der Waals surface area contributed by atoms with Gasteiger partial charge in [0.2, 0.25) is 0 Å². The van der Waals surface area contributed by atoms with E-state index in [1.807, 2.05) is 71.9 Å². The van der Waals surface area contributed by atoms with Crippen molar-refractivity contribution in [2.45, 2.75) is 59.3 Å². The van der Waals surface area contributed by atoms with Gasteiger partial charge in [0.25, 0.3) is 0 Å². The predicted octanol–water partition coefficient (Wildman–Crippen LogP) is 3.17. The zero-order valence-electron chi connectivity index (χ0n) is 15.6. The Morgan fingerprint density at radius 3 is 1.62 bits per heavy atom. The minimum absolute atomic E-state index is 0.0331. The van der Waals surface area contributed by atoms with Crippen LogP contribution in [-0.2, 0) is 25.6 Å². The van der Waals surface area contributed by atoms with Gasteiger partial charge in [-0.15, -0.1) is 0 Å². The van der Waals surface area contributed by atoms with E-state index in [4.69, 9.17) is 9.47 Å². The van der Waals surface area contributed by atoms with Gasteiger partial charge in [0.15, 0.2) is 0 Å². The Labute approximate surface area is 144 Å². The summed E-state index contributed by atoms with van der Waals surface area (Å²) in [5, 5.41) is 0. The molecule has 5 heteroatoms. The van der Waals surface area contributed by atoms with Gasteiger partial charge in [0, 0.05) is 6.54 Å². The molecule has 0 aliphatic rings. The molecule has 0 fully saturated rings. The molecule has 0 N–H and O–H groups in total. The number of ether oxygens (including phenoxy) is 2. The molecule has 0 radical (unpaired) electrons. The van der Waals surface area contributed by atoms with Crippen molar-refractivity contribution in [3.63, 3.8) is 0 Å². The van der Waals surface area contributed by atoms with Gasteiger partial charge in [-0.1, -0.05) is 30.3 Å². The minimum Gasteiger partial charge on any atom is -0.459 e. The molecule has 1 aromatic carbocycles. The lowest BCUT2D eigenvalue weighted by molar-refractivity contribution is -0.160. The summed E-state index contributed by atoms with van der Waals surface area (Å²) in [6.07, 6.45) is 0. The average Bonchev–Trinajstić information content (AvgIpc) is 2.34. The van der Waals surface area contributed by atoms with Gasteiger partial charge in [-0.2, -0.15) is 0 Å². The first-order valence-corrected chi connectivity index (χ1v) is 8.14. The maximum atomic E-state index is 12.1. The number of esters is 2. The van der Waals surface area contributed by atoms with Crippen LogP contribution >= 0.6 is 0 Å². The fourth-order valence-electron chi connectivity index (χ4n) is 2.12. The first-order chi connectivity index (χ1) is 10.9. The van der Waals surface area contributed by atoms with Gasteiger partial charge in [-0.25, -0.2) is 0 Å². The van der Waals surface area contributed by atoms with Crippen LogP contribution in [0.4, 0.5) is 0 Å². The summed E-state index contributed by atoms with van der Waals surface area (Å²) in [5.41, 5.74) is -0.0901. The Bertz CT molecular complexity index is 511. The van der Waals surface area contributed by atoms with Gasteiger partial charge in [-0.3, -0.25) is 14.5 Å². The second kappa shape index (κ2) is 8.29. The molecule has 5 nitrogen and oxygen atoms in total. The first kappa shape index (κ1) is 20.2. The second-order valence-electron chi connectivity index (χ2n) is 7.80. The number of hydrogen-bond donors (Lipinski definition) is 0. The fourth-order valence-corrected chi connectivity index (χ4v) is 2.12. The summed E-state index contributed by atoms with van der Waals surface area (Å²) in [5.74, 6) is -0.719. The molecular weight excluding hydrogens is 306 g/mol. The van der Waals surface area contributed by atoms with Crippen molar-refractivity contribution in [1.82, 2.24) is 4.90 Å². The molecule has 0 unspecified atom stereocenters. The van der Waals surface area contributed by atoms with Crippen LogP contribution < -0.4 is 0 Å². The first-order valence-electron chi connectivity index (χ1n) is 8.14. The normalized spacial score (nSPS) is 12.1. The van der Waals surface area contributed by atoms with Crippen molar-refractivity contribution in [3.05, 3.63) is 35.9 Å². The summed E-state index contributed by atoms with van der Waals surface area (Å²) in [6, 6.07) is 9.69. The van der Waals surface area contributed by atoms with E-state index in [9.17, 15) is 9.59 Å². The second-order valence-corrected chi connectivity index (χ2v) is 7.80. The summed E-state index contributed by atoms with van der Waals surface area (Å²) in [7, 11) is 0. The standard InChI is InChI=1S/C19H29NO4/c1-18(2,3)23-16(21)13-20(12-15-10-8-7-9-11-15)14-17(22)24-19(4,5)6/h7-11H,12-14H2,1-6H3. The third kappa shape index (κ3) is 9.30. The van der Waals surface area contributed by atoms with Crippen molar-refractivity contribution in [1.29, 1.82) is 0 Å². The molecule has 0 atom stereocenters. The van der Waals surface area contributed by atoms with E-state index in [0.29, 0.717) is 6.54 Å². The third-order valence-electron chi connectivity index (χ3n) is 2.79. The van der Waals surface area contributed by atoms with E-state index in [2.05, 4.69) is 0 Å². The number of nitrogens with zero attached hydrogens (tertiary/aromatic N) is 1. The summed E-state index contributed by atoms with van der Waals surface area (Å²) >= 11 is 0. The highest BCUT2D eigenvalue weighted by molar-refractivity contribution is 5.75. The molecule has 0 heterocycles. The van der Waals surface area contributed by atoms with E-state index in [1.165, 1.54) is 0 Å².